The third-order valence-corrected chi connectivity index (χ3v) is 4.62. The number of phenols is 1. The van der Waals surface area contributed by atoms with E-state index in [9.17, 15) is 20.0 Å². The van der Waals surface area contributed by atoms with Gasteiger partial charge in [-0.05, 0) is 11.6 Å². The van der Waals surface area contributed by atoms with Crippen LogP contribution in [0.25, 0.3) is 11.4 Å². The standard InChI is InChI=1S/C18H16N6O4/c25-16-5-11(1-2-15(16)24(27)28)8-23-4-3-14-13(9-23)18(26)22-17(21-14)12-6-19-10-20-7-12/h1-2,5-7,10,25H,3-4,8-9H2,(H,21,22,26). The van der Waals surface area contributed by atoms with Crippen molar-refractivity contribution < 1.29 is 10.0 Å². The highest BCUT2D eigenvalue weighted by atomic mass is 16.6. The Morgan fingerprint density at radius 2 is 2.07 bits per heavy atom. The van der Waals surface area contributed by atoms with Crippen LogP contribution in [0, 0.1) is 10.1 Å². The maximum atomic E-state index is 12.6. The van der Waals surface area contributed by atoms with Crippen molar-refractivity contribution in [2.24, 2.45) is 0 Å². The van der Waals surface area contributed by atoms with E-state index in [4.69, 9.17) is 0 Å². The molecule has 0 saturated heterocycles. The molecular formula is C18H16N6O4. The molecule has 0 unspecified atom stereocenters. The minimum atomic E-state index is -0.628. The number of nitrogens with one attached hydrogen (secondary N) is 1. The molecule has 28 heavy (non-hydrogen) atoms. The first-order chi connectivity index (χ1) is 13.5. The number of benzene rings is 1. The van der Waals surface area contributed by atoms with Crippen LogP contribution in [0.1, 0.15) is 16.8 Å². The van der Waals surface area contributed by atoms with Gasteiger partial charge in [0.25, 0.3) is 5.56 Å². The van der Waals surface area contributed by atoms with Crippen molar-refractivity contribution in [3.8, 4) is 17.1 Å². The molecule has 0 saturated carbocycles. The van der Waals surface area contributed by atoms with Crippen molar-refractivity contribution in [2.75, 3.05) is 6.54 Å². The minimum Gasteiger partial charge on any atom is -0.502 e. The fourth-order valence-corrected chi connectivity index (χ4v) is 3.25. The zero-order valence-corrected chi connectivity index (χ0v) is 14.7. The molecule has 0 spiro atoms. The molecule has 4 rings (SSSR count). The van der Waals surface area contributed by atoms with Gasteiger partial charge in [-0.2, -0.15) is 0 Å². The number of aromatic hydroxyl groups is 1. The van der Waals surface area contributed by atoms with Crippen LogP contribution >= 0.6 is 0 Å². The molecule has 0 radical (unpaired) electrons. The first-order valence-corrected chi connectivity index (χ1v) is 8.57. The van der Waals surface area contributed by atoms with E-state index in [1.165, 1.54) is 18.5 Å². The molecule has 0 atom stereocenters. The number of H-pyrrole nitrogens is 1. The maximum Gasteiger partial charge on any atom is 0.310 e. The van der Waals surface area contributed by atoms with Crippen LogP contribution < -0.4 is 5.56 Å². The van der Waals surface area contributed by atoms with Crippen LogP contribution in [0.2, 0.25) is 0 Å². The van der Waals surface area contributed by atoms with Gasteiger partial charge >= 0.3 is 5.69 Å². The first-order valence-electron chi connectivity index (χ1n) is 8.57. The summed E-state index contributed by atoms with van der Waals surface area (Å²) in [5, 5.41) is 20.6. The van der Waals surface area contributed by atoms with Crippen molar-refractivity contribution in [1.29, 1.82) is 0 Å². The van der Waals surface area contributed by atoms with Crippen molar-refractivity contribution in [2.45, 2.75) is 19.5 Å². The van der Waals surface area contributed by atoms with Crippen molar-refractivity contribution in [1.82, 2.24) is 24.8 Å². The maximum absolute atomic E-state index is 12.6. The van der Waals surface area contributed by atoms with Gasteiger partial charge in [0.1, 0.15) is 12.2 Å². The molecule has 0 bridgehead atoms. The number of nitro benzene ring substituents is 1. The fourth-order valence-electron chi connectivity index (χ4n) is 3.25. The second-order valence-corrected chi connectivity index (χ2v) is 6.51. The van der Waals surface area contributed by atoms with Gasteiger partial charge in [-0.25, -0.2) is 15.0 Å². The van der Waals surface area contributed by atoms with Crippen molar-refractivity contribution in [3.05, 3.63) is 74.2 Å². The number of hydrogen-bond donors (Lipinski definition) is 2. The quantitative estimate of drug-likeness (QED) is 0.512. The van der Waals surface area contributed by atoms with Crippen molar-refractivity contribution in [3.63, 3.8) is 0 Å². The SMILES string of the molecule is O=c1[nH]c(-c2cncnc2)nc2c1CN(Cc1ccc([N+](=O)[O-])c(O)c1)CC2. The van der Waals surface area contributed by atoms with E-state index < -0.39 is 4.92 Å². The Bertz CT molecular complexity index is 1100. The zero-order chi connectivity index (χ0) is 19.7. The van der Waals surface area contributed by atoms with Gasteiger partial charge < -0.3 is 10.1 Å². The van der Waals surface area contributed by atoms with Gasteiger partial charge in [0.15, 0.2) is 5.75 Å². The number of hydrogen-bond acceptors (Lipinski definition) is 8. The number of nitro groups is 1. The first kappa shape index (κ1) is 17.7. The molecular weight excluding hydrogens is 364 g/mol. The predicted octanol–water partition coefficient (Wildman–Crippen LogP) is 1.40. The van der Waals surface area contributed by atoms with Crippen LogP contribution in [-0.4, -0.2) is 41.4 Å². The van der Waals surface area contributed by atoms with E-state index in [0.717, 1.165) is 11.3 Å². The molecule has 1 aliphatic heterocycles. The number of aromatic nitrogens is 4. The molecule has 0 amide bonds. The molecule has 0 fully saturated rings. The summed E-state index contributed by atoms with van der Waals surface area (Å²) >= 11 is 0. The summed E-state index contributed by atoms with van der Waals surface area (Å²) in [6.07, 6.45) is 5.19. The smallest absolute Gasteiger partial charge is 0.310 e. The number of fused-ring (bicyclic) bond motifs is 1. The summed E-state index contributed by atoms with van der Waals surface area (Å²) in [5.41, 5.74) is 2.18. The lowest BCUT2D eigenvalue weighted by molar-refractivity contribution is -0.385. The van der Waals surface area contributed by atoms with E-state index in [1.807, 2.05) is 4.90 Å². The van der Waals surface area contributed by atoms with Gasteiger partial charge in [-0.3, -0.25) is 19.8 Å². The van der Waals surface area contributed by atoms with Gasteiger partial charge in [0.05, 0.1) is 21.7 Å². The normalized spacial score (nSPS) is 13.9. The average Bonchev–Trinajstić information content (AvgIpc) is 2.69. The number of aromatic amines is 1. The molecule has 2 aromatic heterocycles. The van der Waals surface area contributed by atoms with E-state index in [1.54, 1.807) is 18.5 Å². The third-order valence-electron chi connectivity index (χ3n) is 4.62. The molecule has 3 heterocycles. The van der Waals surface area contributed by atoms with Gasteiger partial charge in [0.2, 0.25) is 0 Å². The molecule has 1 aliphatic rings. The van der Waals surface area contributed by atoms with Crippen molar-refractivity contribution >= 4 is 5.69 Å². The second-order valence-electron chi connectivity index (χ2n) is 6.51. The molecule has 10 heteroatoms. The predicted molar refractivity (Wildman–Crippen MR) is 98.5 cm³/mol. The molecule has 0 aliphatic carbocycles. The molecule has 2 N–H and O–H groups in total. The van der Waals surface area contributed by atoms with Crippen LogP contribution in [-0.2, 0) is 19.5 Å². The Morgan fingerprint density at radius 3 is 2.79 bits per heavy atom. The molecule has 142 valence electrons. The summed E-state index contributed by atoms with van der Waals surface area (Å²) in [6.45, 7) is 1.53. The summed E-state index contributed by atoms with van der Waals surface area (Å²) in [7, 11) is 0. The third kappa shape index (κ3) is 3.45. The monoisotopic (exact) mass is 380 g/mol. The average molecular weight is 380 g/mol. The highest BCUT2D eigenvalue weighted by molar-refractivity contribution is 5.52. The Hall–Kier alpha value is -3.66. The van der Waals surface area contributed by atoms with E-state index in [-0.39, 0.29) is 17.0 Å². The summed E-state index contributed by atoms with van der Waals surface area (Å²) < 4.78 is 0. The van der Waals surface area contributed by atoms with E-state index >= 15 is 0 Å². The Labute approximate surface area is 158 Å². The largest absolute Gasteiger partial charge is 0.502 e. The van der Waals surface area contributed by atoms with Crippen LogP contribution in [0.3, 0.4) is 0 Å². The number of rotatable bonds is 4. The van der Waals surface area contributed by atoms with Crippen LogP contribution in [0.5, 0.6) is 5.75 Å². The topological polar surface area (TPSA) is 138 Å². The molecule has 3 aromatic rings. The van der Waals surface area contributed by atoms with Gasteiger partial charge in [0, 0.05) is 44.5 Å². The van der Waals surface area contributed by atoms with Crippen LogP contribution in [0.4, 0.5) is 5.69 Å². The Kier molecular flexibility index (Phi) is 4.53. The van der Waals surface area contributed by atoms with E-state index in [0.29, 0.717) is 43.0 Å². The number of nitrogens with zero attached hydrogens (tertiary/aromatic N) is 5. The lowest BCUT2D eigenvalue weighted by atomic mass is 10.1. The van der Waals surface area contributed by atoms with Gasteiger partial charge in [-0.1, -0.05) is 6.07 Å². The highest BCUT2D eigenvalue weighted by Gasteiger charge is 2.22. The summed E-state index contributed by atoms with van der Waals surface area (Å²) in [4.78, 5) is 40.0. The highest BCUT2D eigenvalue weighted by Crippen LogP contribution is 2.27. The fraction of sp³-hybridized carbons (Fsp3) is 0.222. The Balaban J connectivity index is 1.55. The van der Waals surface area contributed by atoms with E-state index in [2.05, 4.69) is 19.9 Å². The summed E-state index contributed by atoms with van der Waals surface area (Å²) in [6, 6.07) is 4.27. The number of phenolic OH excluding ortho intramolecular Hbond substituents is 1. The lowest BCUT2D eigenvalue weighted by Crippen LogP contribution is -2.35. The molecule has 10 nitrogen and oxygen atoms in total. The minimum absolute atomic E-state index is 0.208. The zero-order valence-electron chi connectivity index (χ0n) is 14.7. The summed E-state index contributed by atoms with van der Waals surface area (Å²) in [5.74, 6) is 0.0761. The van der Waals surface area contributed by atoms with Crippen LogP contribution in [0.15, 0.2) is 41.7 Å². The lowest BCUT2D eigenvalue weighted by Gasteiger charge is -2.27. The van der Waals surface area contributed by atoms with Gasteiger partial charge in [-0.15, -0.1) is 0 Å². The molecule has 1 aromatic carbocycles. The second kappa shape index (κ2) is 7.16. The Morgan fingerprint density at radius 1 is 1.29 bits per heavy atom.